The summed E-state index contributed by atoms with van der Waals surface area (Å²) in [6.45, 7) is 0. The van der Waals surface area contributed by atoms with Crippen molar-refractivity contribution >= 4 is 38.3 Å². The fourth-order valence-corrected chi connectivity index (χ4v) is 4.68. The highest BCUT2D eigenvalue weighted by Gasteiger charge is 2.18. The number of para-hydroxylation sites is 3. The number of halogens is 1. The molecule has 0 spiro atoms. The number of H-pyrrole nitrogens is 1. The highest BCUT2D eigenvalue weighted by atomic mass is 35.5. The number of fused-ring (bicyclic) bond motifs is 1. The molecule has 30 heavy (non-hydrogen) atoms. The first kappa shape index (κ1) is 20.3. The van der Waals surface area contributed by atoms with Crippen LogP contribution in [0.5, 0.6) is 5.75 Å². The van der Waals surface area contributed by atoms with Crippen LogP contribution in [0.4, 0.5) is 5.69 Å². The van der Waals surface area contributed by atoms with Crippen molar-refractivity contribution in [2.45, 2.75) is 17.7 Å². The highest BCUT2D eigenvalue weighted by Crippen LogP contribution is 2.28. The van der Waals surface area contributed by atoms with Crippen LogP contribution in [0, 0.1) is 0 Å². The summed E-state index contributed by atoms with van der Waals surface area (Å²) in [5.74, 6) is 1.28. The lowest BCUT2D eigenvalue weighted by Gasteiger charge is -2.13. The van der Waals surface area contributed by atoms with Crippen molar-refractivity contribution in [1.82, 2.24) is 9.97 Å². The Kier molecular flexibility index (Phi) is 5.65. The summed E-state index contributed by atoms with van der Waals surface area (Å²) >= 11 is 6.09. The topological polar surface area (TPSA) is 84.1 Å². The second-order valence-corrected chi connectivity index (χ2v) is 8.85. The molecule has 0 unspecified atom stereocenters. The summed E-state index contributed by atoms with van der Waals surface area (Å²) in [6.07, 6.45) is 1.28. The Balaban J connectivity index is 1.54. The second-order valence-electron chi connectivity index (χ2n) is 6.76. The molecule has 154 valence electrons. The Bertz CT molecular complexity index is 1270. The average molecular weight is 442 g/mol. The first-order chi connectivity index (χ1) is 14.5. The normalized spacial score (nSPS) is 11.5. The molecule has 1 aromatic heterocycles. The number of aryl methyl sites for hydroxylation is 2. The molecule has 0 aliphatic carbocycles. The number of nitrogens with one attached hydrogen (secondary N) is 2. The Hall–Kier alpha value is -3.03. The van der Waals surface area contributed by atoms with Crippen molar-refractivity contribution in [2.75, 3.05) is 11.8 Å². The number of aromatic nitrogens is 2. The second kappa shape index (κ2) is 8.38. The number of ether oxygens (including phenoxy) is 1. The molecule has 0 saturated heterocycles. The fourth-order valence-electron chi connectivity index (χ4n) is 3.23. The molecule has 6 nitrogen and oxygen atoms in total. The van der Waals surface area contributed by atoms with Gasteiger partial charge in [-0.05, 0) is 48.4 Å². The van der Waals surface area contributed by atoms with E-state index in [1.165, 1.54) is 25.3 Å². The number of rotatable bonds is 7. The third-order valence-corrected chi connectivity index (χ3v) is 6.42. The van der Waals surface area contributed by atoms with Crippen LogP contribution in [-0.2, 0) is 22.9 Å². The van der Waals surface area contributed by atoms with Gasteiger partial charge in [0.1, 0.15) is 11.6 Å². The van der Waals surface area contributed by atoms with Crippen molar-refractivity contribution in [2.24, 2.45) is 0 Å². The summed E-state index contributed by atoms with van der Waals surface area (Å²) in [4.78, 5) is 7.95. The first-order valence-corrected chi connectivity index (χ1v) is 11.2. The van der Waals surface area contributed by atoms with Gasteiger partial charge in [0.15, 0.2) is 0 Å². The van der Waals surface area contributed by atoms with E-state index in [9.17, 15) is 8.42 Å². The maximum atomic E-state index is 12.9. The third-order valence-electron chi connectivity index (χ3n) is 4.76. The summed E-state index contributed by atoms with van der Waals surface area (Å²) in [5.41, 5.74) is 3.30. The van der Waals surface area contributed by atoms with Crippen molar-refractivity contribution < 1.29 is 13.2 Å². The number of hydrogen-bond acceptors (Lipinski definition) is 4. The molecule has 0 aliphatic rings. The van der Waals surface area contributed by atoms with E-state index in [1.54, 1.807) is 12.1 Å². The Morgan fingerprint density at radius 3 is 2.57 bits per heavy atom. The lowest BCUT2D eigenvalue weighted by atomic mass is 10.1. The van der Waals surface area contributed by atoms with Gasteiger partial charge in [-0.1, -0.05) is 41.9 Å². The van der Waals surface area contributed by atoms with E-state index in [-0.39, 0.29) is 9.92 Å². The molecule has 4 rings (SSSR count). The van der Waals surface area contributed by atoms with Crippen LogP contribution in [0.3, 0.4) is 0 Å². The van der Waals surface area contributed by atoms with Gasteiger partial charge in [-0.25, -0.2) is 13.4 Å². The lowest BCUT2D eigenvalue weighted by molar-refractivity contribution is 0.414. The molecule has 4 aromatic rings. The van der Waals surface area contributed by atoms with Crippen molar-refractivity contribution in [3.8, 4) is 5.75 Å². The van der Waals surface area contributed by atoms with Gasteiger partial charge in [-0.2, -0.15) is 0 Å². The maximum absolute atomic E-state index is 12.9. The van der Waals surface area contributed by atoms with Crippen LogP contribution >= 0.6 is 11.6 Å². The summed E-state index contributed by atoms with van der Waals surface area (Å²) in [7, 11) is -2.32. The fraction of sp³-hybridized carbons (Fsp3) is 0.136. The van der Waals surface area contributed by atoms with Crippen LogP contribution in [0.1, 0.15) is 11.4 Å². The molecule has 0 saturated carbocycles. The Morgan fingerprint density at radius 2 is 1.80 bits per heavy atom. The van der Waals surface area contributed by atoms with Crippen LogP contribution < -0.4 is 9.46 Å². The number of anilines is 1. The number of sulfonamides is 1. The van der Waals surface area contributed by atoms with E-state index >= 15 is 0 Å². The van der Waals surface area contributed by atoms with E-state index in [4.69, 9.17) is 16.3 Å². The molecular weight excluding hydrogens is 422 g/mol. The van der Waals surface area contributed by atoms with Gasteiger partial charge >= 0.3 is 0 Å². The summed E-state index contributed by atoms with van der Waals surface area (Å²) in [6, 6.07) is 19.5. The molecule has 0 radical (unpaired) electrons. The van der Waals surface area contributed by atoms with Crippen LogP contribution in [0.2, 0.25) is 5.02 Å². The van der Waals surface area contributed by atoms with Gasteiger partial charge in [-0.15, -0.1) is 0 Å². The van der Waals surface area contributed by atoms with Crippen molar-refractivity contribution in [1.29, 1.82) is 0 Å². The standard InChI is InChI=1S/C22H20ClN3O3S/c1-29-21-12-11-16(14-17(21)23)30(27,28)26-18-7-3-2-6-15(18)10-13-22-24-19-8-4-5-9-20(19)25-22/h2-9,11-12,14,26H,10,13H2,1H3,(H,24,25). The minimum absolute atomic E-state index is 0.0698. The first-order valence-electron chi connectivity index (χ1n) is 9.34. The molecule has 0 fully saturated rings. The molecule has 3 aromatic carbocycles. The average Bonchev–Trinajstić information content (AvgIpc) is 3.16. The maximum Gasteiger partial charge on any atom is 0.261 e. The minimum atomic E-state index is -3.80. The molecule has 8 heteroatoms. The molecule has 0 amide bonds. The number of benzene rings is 3. The van der Waals surface area contributed by atoms with Gasteiger partial charge in [0, 0.05) is 6.42 Å². The summed E-state index contributed by atoms with van der Waals surface area (Å²) in [5, 5.41) is 0.235. The Labute approximate surface area is 179 Å². The predicted octanol–water partition coefficient (Wildman–Crippen LogP) is 4.81. The molecule has 1 heterocycles. The Morgan fingerprint density at radius 1 is 1.03 bits per heavy atom. The number of hydrogen-bond donors (Lipinski definition) is 2. The minimum Gasteiger partial charge on any atom is -0.495 e. The molecule has 0 aliphatic heterocycles. The van der Waals surface area contributed by atoms with Crippen LogP contribution in [0.25, 0.3) is 11.0 Å². The third kappa shape index (κ3) is 4.27. The van der Waals surface area contributed by atoms with Crippen LogP contribution in [0.15, 0.2) is 71.6 Å². The van der Waals surface area contributed by atoms with Gasteiger partial charge in [-0.3, -0.25) is 4.72 Å². The molecule has 0 atom stereocenters. The largest absolute Gasteiger partial charge is 0.495 e. The number of aromatic amines is 1. The quantitative estimate of drug-likeness (QED) is 0.431. The van der Waals surface area contributed by atoms with Crippen LogP contribution in [-0.4, -0.2) is 25.5 Å². The SMILES string of the molecule is COc1ccc(S(=O)(=O)Nc2ccccc2CCc2nc3ccccc3[nH]2)cc1Cl. The van der Waals surface area contributed by atoms with Crippen molar-refractivity contribution in [3.05, 3.63) is 83.1 Å². The van der Waals surface area contributed by atoms with E-state index < -0.39 is 10.0 Å². The van der Waals surface area contributed by atoms with E-state index in [2.05, 4.69) is 14.7 Å². The van der Waals surface area contributed by atoms with Gasteiger partial charge < -0.3 is 9.72 Å². The monoisotopic (exact) mass is 441 g/mol. The molecule has 2 N–H and O–H groups in total. The van der Waals surface area contributed by atoms with E-state index in [0.717, 1.165) is 22.4 Å². The van der Waals surface area contributed by atoms with E-state index in [1.807, 2.05) is 36.4 Å². The lowest BCUT2D eigenvalue weighted by Crippen LogP contribution is -2.14. The molecule has 0 bridgehead atoms. The molecular formula is C22H20ClN3O3S. The summed E-state index contributed by atoms with van der Waals surface area (Å²) < 4.78 is 33.5. The van der Waals surface area contributed by atoms with Gasteiger partial charge in [0.25, 0.3) is 10.0 Å². The number of imidazole rings is 1. The number of nitrogens with zero attached hydrogens (tertiary/aromatic N) is 1. The predicted molar refractivity (Wildman–Crippen MR) is 119 cm³/mol. The number of methoxy groups -OCH3 is 1. The highest BCUT2D eigenvalue weighted by molar-refractivity contribution is 7.92. The van der Waals surface area contributed by atoms with E-state index in [0.29, 0.717) is 24.3 Å². The zero-order valence-electron chi connectivity index (χ0n) is 16.2. The van der Waals surface area contributed by atoms with Gasteiger partial charge in [0.2, 0.25) is 0 Å². The van der Waals surface area contributed by atoms with Gasteiger partial charge in [0.05, 0.1) is 33.7 Å². The van der Waals surface area contributed by atoms with Crippen molar-refractivity contribution in [3.63, 3.8) is 0 Å². The smallest absolute Gasteiger partial charge is 0.261 e. The zero-order valence-corrected chi connectivity index (χ0v) is 17.8. The zero-order chi connectivity index (χ0) is 21.1.